The van der Waals surface area contributed by atoms with E-state index in [1.807, 2.05) is 0 Å². The fraction of sp³-hybridized carbons (Fsp3) is 0.263. The molecule has 3 nitrogen and oxygen atoms in total. The summed E-state index contributed by atoms with van der Waals surface area (Å²) < 4.78 is 0. The van der Waals surface area contributed by atoms with Gasteiger partial charge in [0.15, 0.2) is 0 Å². The smallest absolute Gasteiger partial charge is 0.251 e. The van der Waals surface area contributed by atoms with Crippen LogP contribution in [0.3, 0.4) is 0 Å². The molecule has 0 aromatic heterocycles. The highest BCUT2D eigenvalue weighted by molar-refractivity contribution is 5.94. The van der Waals surface area contributed by atoms with Gasteiger partial charge in [0.25, 0.3) is 5.91 Å². The fourth-order valence-electron chi connectivity index (χ4n) is 3.08. The Hall–Kier alpha value is -2.60. The van der Waals surface area contributed by atoms with E-state index in [1.165, 1.54) is 17.5 Å². The zero-order chi connectivity index (χ0) is 15.4. The van der Waals surface area contributed by atoms with Crippen molar-refractivity contribution in [2.75, 3.05) is 6.54 Å². The molecule has 3 heteroatoms. The molecule has 2 aromatic rings. The molecule has 0 saturated carbocycles. The van der Waals surface area contributed by atoms with Crippen molar-refractivity contribution in [2.45, 2.75) is 25.2 Å². The van der Waals surface area contributed by atoms with Gasteiger partial charge in [0.1, 0.15) is 0 Å². The Morgan fingerprint density at radius 1 is 1.18 bits per heavy atom. The molecule has 0 aliphatic heterocycles. The molecule has 0 spiro atoms. The van der Waals surface area contributed by atoms with Crippen LogP contribution in [0.1, 0.15) is 45.8 Å². The fourth-order valence-corrected chi connectivity index (χ4v) is 3.08. The van der Waals surface area contributed by atoms with E-state index in [2.05, 4.69) is 35.7 Å². The maximum atomic E-state index is 12.2. The first-order valence-corrected chi connectivity index (χ1v) is 7.64. The number of nitrogens with one attached hydrogen (secondary N) is 1. The lowest BCUT2D eigenvalue weighted by Gasteiger charge is -2.25. The summed E-state index contributed by atoms with van der Waals surface area (Å²) in [6.45, 7) is 0.663. The molecule has 110 valence electrons. The minimum absolute atomic E-state index is 0.0763. The zero-order valence-corrected chi connectivity index (χ0v) is 12.4. The first kappa shape index (κ1) is 14.3. The van der Waals surface area contributed by atoms with E-state index in [0.29, 0.717) is 23.6 Å². The second-order valence-corrected chi connectivity index (χ2v) is 5.69. The second-order valence-electron chi connectivity index (χ2n) is 5.69. The summed E-state index contributed by atoms with van der Waals surface area (Å²) in [6.07, 6.45) is 3.43. The molecular formula is C19H18N2O. The quantitative estimate of drug-likeness (QED) is 0.941. The number of nitriles is 1. The molecule has 1 atom stereocenters. The third-order valence-corrected chi connectivity index (χ3v) is 4.28. The van der Waals surface area contributed by atoms with Gasteiger partial charge in [-0.15, -0.1) is 0 Å². The lowest BCUT2D eigenvalue weighted by molar-refractivity contribution is 0.0950. The molecular weight excluding hydrogens is 272 g/mol. The Labute approximate surface area is 130 Å². The maximum Gasteiger partial charge on any atom is 0.251 e. The average molecular weight is 290 g/mol. The van der Waals surface area contributed by atoms with Crippen molar-refractivity contribution in [1.82, 2.24) is 5.32 Å². The summed E-state index contributed by atoms with van der Waals surface area (Å²) in [5, 5.41) is 11.8. The number of carbonyl (C=O) groups is 1. The summed E-state index contributed by atoms with van der Waals surface area (Å²) in [4.78, 5) is 12.2. The Kier molecular flexibility index (Phi) is 4.20. The molecule has 0 heterocycles. The molecule has 2 aromatic carbocycles. The largest absolute Gasteiger partial charge is 0.351 e. The van der Waals surface area contributed by atoms with Gasteiger partial charge in [-0.3, -0.25) is 4.79 Å². The van der Waals surface area contributed by atoms with E-state index < -0.39 is 0 Å². The van der Waals surface area contributed by atoms with Gasteiger partial charge in [-0.1, -0.05) is 24.3 Å². The predicted octanol–water partition coefficient (Wildman–Crippen LogP) is 3.41. The Morgan fingerprint density at radius 2 is 1.95 bits per heavy atom. The van der Waals surface area contributed by atoms with Gasteiger partial charge in [-0.25, -0.2) is 0 Å². The summed E-state index contributed by atoms with van der Waals surface area (Å²) >= 11 is 0. The normalized spacial score (nSPS) is 16.4. The number of hydrogen-bond acceptors (Lipinski definition) is 2. The van der Waals surface area contributed by atoms with Gasteiger partial charge in [0.2, 0.25) is 0 Å². The molecule has 0 saturated heterocycles. The van der Waals surface area contributed by atoms with Gasteiger partial charge >= 0.3 is 0 Å². The minimum atomic E-state index is -0.0763. The number of amides is 1. The Bertz CT molecular complexity index is 713. The molecule has 1 N–H and O–H groups in total. The highest BCUT2D eigenvalue weighted by Crippen LogP contribution is 2.30. The SMILES string of the molecule is N#Cc1ccc(C(=O)NCC2CCCc3ccccc32)cc1. The lowest BCUT2D eigenvalue weighted by Crippen LogP contribution is -2.29. The monoisotopic (exact) mass is 290 g/mol. The second kappa shape index (κ2) is 6.44. The zero-order valence-electron chi connectivity index (χ0n) is 12.4. The van der Waals surface area contributed by atoms with Crippen molar-refractivity contribution in [3.8, 4) is 6.07 Å². The molecule has 1 amide bonds. The van der Waals surface area contributed by atoms with Crippen LogP contribution in [-0.2, 0) is 6.42 Å². The maximum absolute atomic E-state index is 12.2. The number of carbonyl (C=O) groups excluding carboxylic acids is 1. The van der Waals surface area contributed by atoms with Gasteiger partial charge < -0.3 is 5.32 Å². The Balaban J connectivity index is 1.65. The van der Waals surface area contributed by atoms with E-state index in [1.54, 1.807) is 24.3 Å². The van der Waals surface area contributed by atoms with E-state index in [0.717, 1.165) is 12.8 Å². The summed E-state index contributed by atoms with van der Waals surface area (Å²) in [6, 6.07) is 17.3. The van der Waals surface area contributed by atoms with E-state index in [4.69, 9.17) is 5.26 Å². The van der Waals surface area contributed by atoms with E-state index in [9.17, 15) is 4.79 Å². The third-order valence-electron chi connectivity index (χ3n) is 4.28. The molecule has 1 aliphatic rings. The molecule has 3 rings (SSSR count). The first-order valence-electron chi connectivity index (χ1n) is 7.64. The standard InChI is InChI=1S/C19H18N2O/c20-12-14-8-10-16(11-9-14)19(22)21-13-17-6-3-5-15-4-1-2-7-18(15)17/h1-2,4,7-11,17H,3,5-6,13H2,(H,21,22). The van der Waals surface area contributed by atoms with E-state index >= 15 is 0 Å². The van der Waals surface area contributed by atoms with Crippen molar-refractivity contribution in [2.24, 2.45) is 0 Å². The van der Waals surface area contributed by atoms with Gasteiger partial charge in [-0.2, -0.15) is 5.26 Å². The molecule has 0 fully saturated rings. The predicted molar refractivity (Wildman–Crippen MR) is 85.6 cm³/mol. The number of aryl methyl sites for hydroxylation is 1. The minimum Gasteiger partial charge on any atom is -0.351 e. The summed E-state index contributed by atoms with van der Waals surface area (Å²) in [5.74, 6) is 0.319. The molecule has 1 unspecified atom stereocenters. The van der Waals surface area contributed by atoms with Crippen LogP contribution in [0.15, 0.2) is 48.5 Å². The van der Waals surface area contributed by atoms with Crippen molar-refractivity contribution in [1.29, 1.82) is 5.26 Å². The van der Waals surface area contributed by atoms with Crippen molar-refractivity contribution in [3.63, 3.8) is 0 Å². The number of benzene rings is 2. The van der Waals surface area contributed by atoms with Gasteiger partial charge in [-0.05, 0) is 54.7 Å². The van der Waals surface area contributed by atoms with Crippen LogP contribution in [0.5, 0.6) is 0 Å². The molecule has 1 aliphatic carbocycles. The lowest BCUT2D eigenvalue weighted by atomic mass is 9.83. The van der Waals surface area contributed by atoms with Crippen LogP contribution in [0.25, 0.3) is 0 Å². The average Bonchev–Trinajstić information content (AvgIpc) is 2.59. The van der Waals surface area contributed by atoms with Crippen molar-refractivity contribution in [3.05, 3.63) is 70.8 Å². The van der Waals surface area contributed by atoms with Crippen LogP contribution in [0, 0.1) is 11.3 Å². The van der Waals surface area contributed by atoms with Crippen LogP contribution in [0.4, 0.5) is 0 Å². The van der Waals surface area contributed by atoms with Crippen LogP contribution in [-0.4, -0.2) is 12.5 Å². The summed E-state index contributed by atoms with van der Waals surface area (Å²) in [7, 11) is 0. The van der Waals surface area contributed by atoms with Gasteiger partial charge in [0.05, 0.1) is 11.6 Å². The van der Waals surface area contributed by atoms with E-state index in [-0.39, 0.29) is 5.91 Å². The van der Waals surface area contributed by atoms with Crippen molar-refractivity contribution >= 4 is 5.91 Å². The molecule has 0 bridgehead atoms. The van der Waals surface area contributed by atoms with Crippen LogP contribution < -0.4 is 5.32 Å². The molecule has 22 heavy (non-hydrogen) atoms. The third kappa shape index (κ3) is 3.01. The number of fused-ring (bicyclic) bond motifs is 1. The van der Waals surface area contributed by atoms with Crippen LogP contribution in [0.2, 0.25) is 0 Å². The first-order chi connectivity index (χ1) is 10.8. The number of nitrogens with zero attached hydrogens (tertiary/aromatic N) is 1. The highest BCUT2D eigenvalue weighted by atomic mass is 16.1. The number of hydrogen-bond donors (Lipinski definition) is 1. The van der Waals surface area contributed by atoms with Crippen LogP contribution >= 0.6 is 0 Å². The topological polar surface area (TPSA) is 52.9 Å². The van der Waals surface area contributed by atoms with Gasteiger partial charge in [0, 0.05) is 18.0 Å². The van der Waals surface area contributed by atoms with Crippen molar-refractivity contribution < 1.29 is 4.79 Å². The Morgan fingerprint density at radius 3 is 2.73 bits per heavy atom. The number of rotatable bonds is 3. The summed E-state index contributed by atoms with van der Waals surface area (Å²) in [5.41, 5.74) is 3.95. The molecule has 0 radical (unpaired) electrons. The highest BCUT2D eigenvalue weighted by Gasteiger charge is 2.20.